The van der Waals surface area contributed by atoms with Crippen molar-refractivity contribution in [2.24, 2.45) is 0 Å². The second-order valence-electron chi connectivity index (χ2n) is 4.00. The Morgan fingerprint density at radius 1 is 1.28 bits per heavy atom. The van der Waals surface area contributed by atoms with Crippen molar-refractivity contribution in [3.63, 3.8) is 0 Å². The fourth-order valence-electron chi connectivity index (χ4n) is 1.66. The molecule has 2 rings (SSSR count). The topological polar surface area (TPSA) is 65.2 Å². The summed E-state index contributed by atoms with van der Waals surface area (Å²) in [5.74, 6) is 0.828. The Labute approximate surface area is 105 Å². The zero-order chi connectivity index (χ0) is 13.1. The van der Waals surface area contributed by atoms with Gasteiger partial charge in [0.25, 0.3) is 0 Å². The first-order valence-corrected chi connectivity index (χ1v) is 5.52. The monoisotopic (exact) mass is 242 g/mol. The Kier molecular flexibility index (Phi) is 3.28. The molecule has 0 amide bonds. The molecule has 0 saturated heterocycles. The van der Waals surface area contributed by atoms with E-state index in [1.165, 1.54) is 0 Å². The molecule has 92 valence electrons. The third kappa shape index (κ3) is 2.32. The summed E-state index contributed by atoms with van der Waals surface area (Å²) in [6, 6.07) is 8.65. The van der Waals surface area contributed by atoms with Crippen molar-refractivity contribution < 1.29 is 9.53 Å². The second-order valence-corrected chi connectivity index (χ2v) is 4.00. The molecule has 0 radical (unpaired) electrons. The summed E-state index contributed by atoms with van der Waals surface area (Å²) in [6.07, 6.45) is 1.64. The molecular formula is C14H14N2O2. The Bertz CT molecular complexity index is 577. The van der Waals surface area contributed by atoms with Crippen molar-refractivity contribution >= 4 is 11.6 Å². The summed E-state index contributed by atoms with van der Waals surface area (Å²) in [7, 11) is 1.58. The number of nitrogens with zero attached hydrogens (tertiary/aromatic N) is 1. The molecule has 4 heteroatoms. The highest BCUT2D eigenvalue weighted by atomic mass is 16.5. The number of anilines is 1. The van der Waals surface area contributed by atoms with Gasteiger partial charge in [-0.1, -0.05) is 0 Å². The van der Waals surface area contributed by atoms with Crippen LogP contribution in [0.15, 0.2) is 36.5 Å². The molecule has 18 heavy (non-hydrogen) atoms. The van der Waals surface area contributed by atoms with Gasteiger partial charge in [0.05, 0.1) is 12.7 Å². The summed E-state index contributed by atoms with van der Waals surface area (Å²) in [4.78, 5) is 16.2. The van der Waals surface area contributed by atoms with E-state index in [9.17, 15) is 4.79 Å². The number of carbonyl (C=O) groups excluding carboxylic acids is 1. The number of ether oxygens (including phenoxy) is 1. The van der Waals surface area contributed by atoms with Crippen LogP contribution in [-0.4, -0.2) is 17.9 Å². The first-order valence-electron chi connectivity index (χ1n) is 5.52. The summed E-state index contributed by atoms with van der Waals surface area (Å²) in [6.45, 7) is 1.87. The lowest BCUT2D eigenvalue weighted by Crippen LogP contribution is -2.07. The number of methoxy groups -OCH3 is 1. The third-order valence-corrected chi connectivity index (χ3v) is 2.65. The van der Waals surface area contributed by atoms with E-state index in [1.807, 2.05) is 6.92 Å². The van der Waals surface area contributed by atoms with Crippen LogP contribution in [0.25, 0.3) is 0 Å². The molecule has 0 atom stereocenters. The Hall–Kier alpha value is -2.36. The molecular weight excluding hydrogens is 228 g/mol. The van der Waals surface area contributed by atoms with E-state index >= 15 is 0 Å². The number of aromatic nitrogens is 1. The minimum absolute atomic E-state index is 0.133. The van der Waals surface area contributed by atoms with Crippen LogP contribution < -0.4 is 10.5 Å². The number of hydrogen-bond donors (Lipinski definition) is 1. The first-order chi connectivity index (χ1) is 8.61. The van der Waals surface area contributed by atoms with Crippen molar-refractivity contribution in [3.05, 3.63) is 53.2 Å². The number of nitrogens with two attached hydrogens (primary N) is 1. The Balaban J connectivity index is 2.38. The molecule has 0 spiro atoms. The number of rotatable bonds is 3. The van der Waals surface area contributed by atoms with E-state index in [0.717, 1.165) is 5.56 Å². The highest BCUT2D eigenvalue weighted by Gasteiger charge is 2.13. The number of carbonyl (C=O) groups is 1. The van der Waals surface area contributed by atoms with E-state index < -0.39 is 0 Å². The molecule has 0 bridgehead atoms. The number of nitrogen functional groups attached to an aromatic ring is 1. The van der Waals surface area contributed by atoms with Gasteiger partial charge in [0, 0.05) is 11.8 Å². The molecule has 0 unspecified atom stereocenters. The maximum atomic E-state index is 12.3. The lowest BCUT2D eigenvalue weighted by Gasteiger charge is -2.06. The van der Waals surface area contributed by atoms with E-state index in [4.69, 9.17) is 10.5 Å². The van der Waals surface area contributed by atoms with Crippen molar-refractivity contribution in [2.45, 2.75) is 6.92 Å². The highest BCUT2D eigenvalue weighted by Crippen LogP contribution is 2.18. The Morgan fingerprint density at radius 2 is 1.94 bits per heavy atom. The zero-order valence-electron chi connectivity index (χ0n) is 10.3. The average Bonchev–Trinajstić information content (AvgIpc) is 2.41. The number of pyridine rings is 1. The van der Waals surface area contributed by atoms with Gasteiger partial charge in [-0.3, -0.25) is 4.79 Å². The first kappa shape index (κ1) is 12.1. The zero-order valence-corrected chi connectivity index (χ0v) is 10.3. The van der Waals surface area contributed by atoms with Gasteiger partial charge in [-0.05, 0) is 42.8 Å². The van der Waals surface area contributed by atoms with Crippen molar-refractivity contribution in [1.29, 1.82) is 0 Å². The van der Waals surface area contributed by atoms with Crippen LogP contribution in [0.1, 0.15) is 21.5 Å². The maximum absolute atomic E-state index is 12.3. The highest BCUT2D eigenvalue weighted by molar-refractivity contribution is 6.11. The predicted molar refractivity (Wildman–Crippen MR) is 69.8 cm³/mol. The summed E-state index contributed by atoms with van der Waals surface area (Å²) in [5, 5.41) is 0. The van der Waals surface area contributed by atoms with Gasteiger partial charge >= 0.3 is 0 Å². The number of hydrogen-bond acceptors (Lipinski definition) is 4. The predicted octanol–water partition coefficient (Wildman–Crippen LogP) is 2.21. The minimum Gasteiger partial charge on any atom is -0.497 e. The molecule has 0 aliphatic rings. The lowest BCUT2D eigenvalue weighted by atomic mass is 10.0. The van der Waals surface area contributed by atoms with Gasteiger partial charge in [-0.15, -0.1) is 0 Å². The molecule has 1 aromatic carbocycles. The van der Waals surface area contributed by atoms with Crippen LogP contribution in [0.3, 0.4) is 0 Å². The number of benzene rings is 1. The van der Waals surface area contributed by atoms with Gasteiger partial charge in [0.2, 0.25) is 0 Å². The quantitative estimate of drug-likeness (QED) is 0.838. The maximum Gasteiger partial charge on any atom is 0.196 e. The van der Waals surface area contributed by atoms with Crippen LogP contribution in [0.2, 0.25) is 0 Å². The summed E-state index contributed by atoms with van der Waals surface area (Å²) < 4.78 is 5.05. The minimum atomic E-state index is -0.133. The molecule has 1 aromatic heterocycles. The van der Waals surface area contributed by atoms with Crippen LogP contribution >= 0.6 is 0 Å². The van der Waals surface area contributed by atoms with Crippen molar-refractivity contribution in [1.82, 2.24) is 4.98 Å². The van der Waals surface area contributed by atoms with Gasteiger partial charge in [-0.2, -0.15) is 0 Å². The Morgan fingerprint density at radius 3 is 2.56 bits per heavy atom. The SMILES string of the molecule is COc1ccc(C(=O)c2cc(C)cnc2N)cc1. The van der Waals surface area contributed by atoms with Gasteiger partial charge < -0.3 is 10.5 Å². The molecule has 4 nitrogen and oxygen atoms in total. The van der Waals surface area contributed by atoms with E-state index in [-0.39, 0.29) is 11.6 Å². The van der Waals surface area contributed by atoms with Crippen molar-refractivity contribution in [2.75, 3.05) is 12.8 Å². The molecule has 0 aliphatic heterocycles. The van der Waals surface area contributed by atoms with E-state index in [0.29, 0.717) is 16.9 Å². The lowest BCUT2D eigenvalue weighted by molar-refractivity contribution is 0.103. The average molecular weight is 242 g/mol. The summed E-state index contributed by atoms with van der Waals surface area (Å²) >= 11 is 0. The van der Waals surface area contributed by atoms with Gasteiger partial charge in [0.15, 0.2) is 5.78 Å². The number of ketones is 1. The van der Waals surface area contributed by atoms with Gasteiger partial charge in [0.1, 0.15) is 11.6 Å². The molecule has 0 fully saturated rings. The van der Waals surface area contributed by atoms with E-state index in [2.05, 4.69) is 4.98 Å². The summed E-state index contributed by atoms with van der Waals surface area (Å²) in [5.41, 5.74) is 7.63. The second kappa shape index (κ2) is 4.87. The van der Waals surface area contributed by atoms with Crippen LogP contribution in [0.5, 0.6) is 5.75 Å². The molecule has 2 aromatic rings. The van der Waals surface area contributed by atoms with Crippen LogP contribution in [-0.2, 0) is 0 Å². The van der Waals surface area contributed by atoms with Crippen LogP contribution in [0, 0.1) is 6.92 Å². The fourth-order valence-corrected chi connectivity index (χ4v) is 1.66. The molecule has 0 aliphatic carbocycles. The standard InChI is InChI=1S/C14H14N2O2/c1-9-7-12(14(15)16-8-9)13(17)10-3-5-11(18-2)6-4-10/h3-8H,1-2H3,(H2,15,16). The fraction of sp³-hybridized carbons (Fsp3) is 0.143. The van der Waals surface area contributed by atoms with Crippen molar-refractivity contribution in [3.8, 4) is 5.75 Å². The smallest absolute Gasteiger partial charge is 0.196 e. The molecule has 0 saturated carbocycles. The molecule has 2 N–H and O–H groups in total. The molecule has 1 heterocycles. The largest absolute Gasteiger partial charge is 0.497 e. The van der Waals surface area contributed by atoms with E-state index in [1.54, 1.807) is 43.6 Å². The third-order valence-electron chi connectivity index (χ3n) is 2.65. The normalized spacial score (nSPS) is 10.1. The number of aryl methyl sites for hydroxylation is 1. The van der Waals surface area contributed by atoms with Gasteiger partial charge in [-0.25, -0.2) is 4.98 Å². The van der Waals surface area contributed by atoms with Crippen LogP contribution in [0.4, 0.5) is 5.82 Å².